The molecule has 0 spiro atoms. The monoisotopic (exact) mass is 754 g/mol. The van der Waals surface area contributed by atoms with E-state index in [0.717, 1.165) is 21.5 Å². The van der Waals surface area contributed by atoms with Crippen LogP contribution in [0.4, 0.5) is 17.6 Å². The number of pyridine rings is 2. The van der Waals surface area contributed by atoms with E-state index in [1.165, 1.54) is 35.2 Å². The minimum atomic E-state index is -2.85. The second-order valence-electron chi connectivity index (χ2n) is 9.13. The van der Waals surface area contributed by atoms with Gasteiger partial charge in [0.2, 0.25) is 17.3 Å². The summed E-state index contributed by atoms with van der Waals surface area (Å²) in [5.41, 5.74) is 1.81. The fourth-order valence-electron chi connectivity index (χ4n) is 3.64. The van der Waals surface area contributed by atoms with Gasteiger partial charge in [0.1, 0.15) is 0 Å². The van der Waals surface area contributed by atoms with Crippen molar-refractivity contribution in [3.05, 3.63) is 139 Å². The van der Waals surface area contributed by atoms with Crippen LogP contribution < -0.4 is 11.1 Å². The molecule has 0 saturated carbocycles. The SMILES string of the molecule is Clc1ccccc1CBr.O=c1cc(-c2nnc(C(F)F)o2)cc[nH]1.O=c1cc(-c2nnc(C(F)F)o2)ccn1Cc1ccccc1Cl. The van der Waals surface area contributed by atoms with Crippen LogP contribution in [0.1, 0.15) is 35.8 Å². The van der Waals surface area contributed by atoms with Crippen molar-refractivity contribution in [1.29, 1.82) is 0 Å². The van der Waals surface area contributed by atoms with Crippen LogP contribution in [0.2, 0.25) is 10.0 Å². The average molecular weight is 756 g/mol. The quantitative estimate of drug-likeness (QED) is 0.128. The number of nitrogens with one attached hydrogen (secondary N) is 1. The Morgan fingerprint density at radius 1 is 0.745 bits per heavy atom. The van der Waals surface area contributed by atoms with Crippen molar-refractivity contribution in [2.75, 3.05) is 0 Å². The number of nitrogens with zero attached hydrogens (tertiary/aromatic N) is 5. The molecule has 0 fully saturated rings. The third-order valence-electron chi connectivity index (χ3n) is 5.92. The van der Waals surface area contributed by atoms with Gasteiger partial charge >= 0.3 is 12.9 Å². The topological polar surface area (TPSA) is 133 Å². The van der Waals surface area contributed by atoms with E-state index in [0.29, 0.717) is 17.1 Å². The van der Waals surface area contributed by atoms with E-state index in [2.05, 4.69) is 45.7 Å². The van der Waals surface area contributed by atoms with E-state index in [4.69, 9.17) is 27.6 Å². The van der Waals surface area contributed by atoms with E-state index in [1.807, 2.05) is 36.4 Å². The Morgan fingerprint density at radius 3 is 1.72 bits per heavy atom. The van der Waals surface area contributed by atoms with Gasteiger partial charge < -0.3 is 18.4 Å². The lowest BCUT2D eigenvalue weighted by Gasteiger charge is -2.07. The number of benzene rings is 2. The number of alkyl halides is 5. The molecule has 0 atom stereocenters. The van der Waals surface area contributed by atoms with Gasteiger partial charge in [-0.15, -0.1) is 20.4 Å². The lowest BCUT2D eigenvalue weighted by atomic mass is 10.2. The number of hydrogen-bond acceptors (Lipinski definition) is 8. The van der Waals surface area contributed by atoms with Crippen LogP contribution in [0.3, 0.4) is 0 Å². The molecule has 0 amide bonds. The number of aromatic amines is 1. The van der Waals surface area contributed by atoms with Gasteiger partial charge in [0.25, 0.3) is 17.3 Å². The predicted molar refractivity (Wildman–Crippen MR) is 169 cm³/mol. The molecule has 0 aliphatic rings. The van der Waals surface area contributed by atoms with E-state index in [9.17, 15) is 27.2 Å². The normalized spacial score (nSPS) is 10.7. The minimum Gasteiger partial charge on any atom is -0.415 e. The standard InChI is InChI=1S/C15H10ClF2N3O2.C8H5F2N3O2.C7H6BrCl/c16-11-4-2-1-3-10(11)8-21-6-5-9(7-12(21)22)14-19-20-15(23-14)13(17)18;9-6(10)8-13-12-7(15-8)4-1-2-11-5(14)3-4;8-5-6-3-1-2-4-7(6)9/h1-7,13H,8H2;1-3,6H,(H,11,14);1-4H,5H2. The molecule has 1 N–H and O–H groups in total. The summed E-state index contributed by atoms with van der Waals surface area (Å²) in [5.74, 6) is -1.76. The van der Waals surface area contributed by atoms with Gasteiger partial charge in [0, 0.05) is 51.0 Å². The Bertz CT molecular complexity index is 2040. The first-order valence-corrected chi connectivity index (χ1v) is 15.1. The van der Waals surface area contributed by atoms with Crippen molar-refractivity contribution in [2.24, 2.45) is 0 Å². The van der Waals surface area contributed by atoms with Crippen LogP contribution >= 0.6 is 39.1 Å². The van der Waals surface area contributed by atoms with Crippen LogP contribution in [0.15, 0.2) is 104 Å². The summed E-state index contributed by atoms with van der Waals surface area (Å²) >= 11 is 15.2. The van der Waals surface area contributed by atoms with Crippen LogP contribution in [0, 0.1) is 0 Å². The second-order valence-corrected chi connectivity index (χ2v) is 10.5. The summed E-state index contributed by atoms with van der Waals surface area (Å²) < 4.78 is 60.0. The molecule has 0 saturated heterocycles. The van der Waals surface area contributed by atoms with Gasteiger partial charge in [-0.1, -0.05) is 75.5 Å². The molecule has 6 rings (SSSR count). The van der Waals surface area contributed by atoms with Crippen molar-refractivity contribution < 1.29 is 26.4 Å². The molecule has 6 aromatic rings. The zero-order chi connectivity index (χ0) is 33.9. The van der Waals surface area contributed by atoms with Crippen molar-refractivity contribution in [2.45, 2.75) is 24.7 Å². The Balaban J connectivity index is 0.000000178. The van der Waals surface area contributed by atoms with Crippen molar-refractivity contribution >= 4 is 39.1 Å². The summed E-state index contributed by atoms with van der Waals surface area (Å²) in [5, 5.41) is 15.5. The molecule has 17 heteroatoms. The maximum absolute atomic E-state index is 12.4. The molecular formula is C30H21BrCl2F4N6O4. The van der Waals surface area contributed by atoms with Crippen LogP contribution in [0.25, 0.3) is 22.9 Å². The molecule has 0 unspecified atom stereocenters. The van der Waals surface area contributed by atoms with E-state index >= 15 is 0 Å². The zero-order valence-electron chi connectivity index (χ0n) is 23.7. The Hall–Kier alpha value is -4.60. The molecule has 2 aromatic carbocycles. The summed E-state index contributed by atoms with van der Waals surface area (Å²) in [7, 11) is 0. The highest BCUT2D eigenvalue weighted by Crippen LogP contribution is 2.23. The van der Waals surface area contributed by atoms with E-state index in [1.54, 1.807) is 18.2 Å². The number of hydrogen-bond donors (Lipinski definition) is 1. The van der Waals surface area contributed by atoms with Gasteiger partial charge in [-0.25, -0.2) is 0 Å². The molecule has 0 aliphatic heterocycles. The minimum absolute atomic E-state index is 0.101. The fourth-order valence-corrected chi connectivity index (χ4v) is 4.69. The first-order valence-electron chi connectivity index (χ1n) is 13.2. The second kappa shape index (κ2) is 16.8. The average Bonchev–Trinajstić information content (AvgIpc) is 3.76. The first-order chi connectivity index (χ1) is 22.5. The van der Waals surface area contributed by atoms with Crippen molar-refractivity contribution in [3.63, 3.8) is 0 Å². The molecule has 47 heavy (non-hydrogen) atoms. The largest absolute Gasteiger partial charge is 0.415 e. The molecule has 4 heterocycles. The number of aromatic nitrogens is 6. The Morgan fingerprint density at radius 2 is 1.28 bits per heavy atom. The highest BCUT2D eigenvalue weighted by atomic mass is 79.9. The zero-order valence-corrected chi connectivity index (χ0v) is 26.8. The summed E-state index contributed by atoms with van der Waals surface area (Å²) in [6, 6.07) is 20.4. The molecule has 244 valence electrons. The first kappa shape index (κ1) is 35.3. The lowest BCUT2D eigenvalue weighted by molar-refractivity contribution is 0.115. The van der Waals surface area contributed by atoms with Crippen molar-refractivity contribution in [3.8, 4) is 22.9 Å². The predicted octanol–water partition coefficient (Wildman–Crippen LogP) is 8.14. The number of halogens is 7. The van der Waals surface area contributed by atoms with Crippen LogP contribution in [0.5, 0.6) is 0 Å². The summed E-state index contributed by atoms with van der Waals surface area (Å²) in [6.07, 6.45) is -2.78. The summed E-state index contributed by atoms with van der Waals surface area (Å²) in [6.45, 7) is 0.297. The Labute approximate surface area is 281 Å². The molecule has 0 bridgehead atoms. The van der Waals surface area contributed by atoms with Crippen LogP contribution in [-0.2, 0) is 11.9 Å². The van der Waals surface area contributed by atoms with E-state index < -0.39 is 24.6 Å². The van der Waals surface area contributed by atoms with Gasteiger partial charge in [-0.05, 0) is 35.4 Å². The molecule has 4 aromatic heterocycles. The maximum Gasteiger partial charge on any atom is 0.314 e. The van der Waals surface area contributed by atoms with Gasteiger partial charge in [-0.2, -0.15) is 17.6 Å². The van der Waals surface area contributed by atoms with E-state index in [-0.39, 0.29) is 28.5 Å². The van der Waals surface area contributed by atoms with Gasteiger partial charge in [-0.3, -0.25) is 9.59 Å². The highest BCUT2D eigenvalue weighted by Gasteiger charge is 2.18. The highest BCUT2D eigenvalue weighted by molar-refractivity contribution is 9.08. The molecule has 10 nitrogen and oxygen atoms in total. The lowest BCUT2D eigenvalue weighted by Crippen LogP contribution is -2.19. The third-order valence-corrected chi connectivity index (χ3v) is 7.26. The fraction of sp³-hybridized carbons (Fsp3) is 0.133. The third kappa shape index (κ3) is 9.94. The maximum atomic E-state index is 12.4. The summed E-state index contributed by atoms with van der Waals surface area (Å²) in [4.78, 5) is 25.4. The van der Waals surface area contributed by atoms with Crippen LogP contribution in [-0.4, -0.2) is 29.9 Å². The van der Waals surface area contributed by atoms with Crippen molar-refractivity contribution in [1.82, 2.24) is 29.9 Å². The Kier molecular flexibility index (Phi) is 12.6. The van der Waals surface area contributed by atoms with Gasteiger partial charge in [0.05, 0.1) is 6.54 Å². The molecule has 0 aliphatic carbocycles. The van der Waals surface area contributed by atoms with Gasteiger partial charge in [0.15, 0.2) is 0 Å². The molecular weight excluding hydrogens is 735 g/mol. The number of H-pyrrole nitrogens is 1. The smallest absolute Gasteiger partial charge is 0.314 e. The molecule has 0 radical (unpaired) electrons. The number of rotatable bonds is 7.